The summed E-state index contributed by atoms with van der Waals surface area (Å²) in [6, 6.07) is 1.58. The highest BCUT2D eigenvalue weighted by atomic mass is 16.5. The van der Waals surface area contributed by atoms with E-state index in [-0.39, 0.29) is 5.75 Å². The van der Waals surface area contributed by atoms with Crippen molar-refractivity contribution in [3.8, 4) is 23.0 Å². The maximum Gasteiger partial charge on any atom is 0.167 e. The summed E-state index contributed by atoms with van der Waals surface area (Å²) in [4.78, 5) is 0. The molecular formula is C10H14O4. The number of ether oxygens (including phenoxy) is 3. The molecule has 0 amide bonds. The van der Waals surface area contributed by atoms with Gasteiger partial charge < -0.3 is 19.3 Å². The molecule has 0 heterocycles. The van der Waals surface area contributed by atoms with Gasteiger partial charge in [0.05, 0.1) is 21.3 Å². The summed E-state index contributed by atoms with van der Waals surface area (Å²) in [6.07, 6.45) is 0. The lowest BCUT2D eigenvalue weighted by atomic mass is 10.1. The van der Waals surface area contributed by atoms with Crippen LogP contribution in [0.4, 0.5) is 0 Å². The van der Waals surface area contributed by atoms with Crippen molar-refractivity contribution in [2.45, 2.75) is 6.92 Å². The van der Waals surface area contributed by atoms with E-state index in [9.17, 15) is 5.11 Å². The van der Waals surface area contributed by atoms with Gasteiger partial charge >= 0.3 is 0 Å². The zero-order valence-corrected chi connectivity index (χ0v) is 8.75. The zero-order valence-electron chi connectivity index (χ0n) is 8.75. The summed E-state index contributed by atoms with van der Waals surface area (Å²) in [6.45, 7) is 1.74. The number of hydrogen-bond donors (Lipinski definition) is 1. The van der Waals surface area contributed by atoms with Gasteiger partial charge in [-0.25, -0.2) is 0 Å². The van der Waals surface area contributed by atoms with Gasteiger partial charge in [-0.15, -0.1) is 0 Å². The minimum absolute atomic E-state index is 0.0742. The van der Waals surface area contributed by atoms with Crippen molar-refractivity contribution in [3.05, 3.63) is 11.6 Å². The molecule has 0 aliphatic heterocycles. The Morgan fingerprint density at radius 2 is 1.57 bits per heavy atom. The van der Waals surface area contributed by atoms with E-state index in [1.807, 2.05) is 0 Å². The zero-order chi connectivity index (χ0) is 10.7. The van der Waals surface area contributed by atoms with Crippen molar-refractivity contribution in [1.82, 2.24) is 0 Å². The van der Waals surface area contributed by atoms with Gasteiger partial charge in [-0.05, 0) is 6.92 Å². The SMILES string of the molecule is COc1cc(OC)c(OC)c(C)c1O. The first-order valence-corrected chi connectivity index (χ1v) is 4.14. The van der Waals surface area contributed by atoms with Gasteiger partial charge in [-0.3, -0.25) is 0 Å². The predicted molar refractivity (Wildman–Crippen MR) is 52.5 cm³/mol. The number of rotatable bonds is 3. The Morgan fingerprint density at radius 3 is 2.00 bits per heavy atom. The maximum absolute atomic E-state index is 9.67. The first kappa shape index (κ1) is 10.5. The fourth-order valence-corrected chi connectivity index (χ4v) is 1.29. The Bertz CT molecular complexity index is 333. The third-order valence-electron chi connectivity index (χ3n) is 2.06. The Balaban J connectivity index is 3.38. The fourth-order valence-electron chi connectivity index (χ4n) is 1.29. The number of aromatic hydroxyl groups is 1. The van der Waals surface area contributed by atoms with Crippen LogP contribution < -0.4 is 14.2 Å². The second-order valence-corrected chi connectivity index (χ2v) is 2.79. The third-order valence-corrected chi connectivity index (χ3v) is 2.06. The molecule has 0 saturated carbocycles. The van der Waals surface area contributed by atoms with E-state index in [0.717, 1.165) is 0 Å². The van der Waals surface area contributed by atoms with Crippen LogP contribution in [-0.2, 0) is 0 Å². The average Bonchev–Trinajstić information content (AvgIpc) is 2.21. The van der Waals surface area contributed by atoms with Gasteiger partial charge in [-0.2, -0.15) is 0 Å². The summed E-state index contributed by atoms with van der Waals surface area (Å²) in [5, 5.41) is 9.67. The molecular weight excluding hydrogens is 184 g/mol. The molecule has 0 aliphatic carbocycles. The molecule has 0 fully saturated rings. The minimum Gasteiger partial charge on any atom is -0.504 e. The Kier molecular flexibility index (Phi) is 3.06. The van der Waals surface area contributed by atoms with Crippen LogP contribution in [0.15, 0.2) is 6.07 Å². The quantitative estimate of drug-likeness (QED) is 0.803. The van der Waals surface area contributed by atoms with E-state index in [4.69, 9.17) is 14.2 Å². The number of phenols is 1. The van der Waals surface area contributed by atoms with E-state index in [2.05, 4.69) is 0 Å². The fraction of sp³-hybridized carbons (Fsp3) is 0.400. The Morgan fingerprint density at radius 1 is 1.00 bits per heavy atom. The second kappa shape index (κ2) is 4.09. The van der Waals surface area contributed by atoms with Crippen LogP contribution in [0.2, 0.25) is 0 Å². The van der Waals surface area contributed by atoms with Crippen LogP contribution in [0.3, 0.4) is 0 Å². The molecule has 0 bridgehead atoms. The van der Waals surface area contributed by atoms with Gasteiger partial charge in [0.15, 0.2) is 23.0 Å². The van der Waals surface area contributed by atoms with Crippen molar-refractivity contribution in [1.29, 1.82) is 0 Å². The van der Waals surface area contributed by atoms with Crippen LogP contribution in [0.1, 0.15) is 5.56 Å². The molecule has 0 atom stereocenters. The van der Waals surface area contributed by atoms with Gasteiger partial charge in [0.25, 0.3) is 0 Å². The number of hydrogen-bond acceptors (Lipinski definition) is 4. The molecule has 1 N–H and O–H groups in total. The van der Waals surface area contributed by atoms with E-state index in [1.165, 1.54) is 21.3 Å². The monoisotopic (exact) mass is 198 g/mol. The molecule has 0 saturated heterocycles. The van der Waals surface area contributed by atoms with Crippen LogP contribution >= 0.6 is 0 Å². The standard InChI is InChI=1S/C10H14O4/c1-6-9(11)7(12-2)5-8(13-3)10(6)14-4/h5,11H,1-4H3. The predicted octanol–water partition coefficient (Wildman–Crippen LogP) is 1.73. The molecule has 78 valence electrons. The third kappa shape index (κ3) is 1.55. The molecule has 4 heteroatoms. The molecule has 4 nitrogen and oxygen atoms in total. The van der Waals surface area contributed by atoms with Crippen LogP contribution in [-0.4, -0.2) is 26.4 Å². The molecule has 0 radical (unpaired) electrons. The maximum atomic E-state index is 9.67. The van der Waals surface area contributed by atoms with Crippen LogP contribution in [0, 0.1) is 6.92 Å². The second-order valence-electron chi connectivity index (χ2n) is 2.79. The molecule has 1 aromatic carbocycles. The first-order valence-electron chi connectivity index (χ1n) is 4.14. The van der Waals surface area contributed by atoms with E-state index >= 15 is 0 Å². The number of methoxy groups -OCH3 is 3. The smallest absolute Gasteiger partial charge is 0.167 e. The van der Waals surface area contributed by atoms with Gasteiger partial charge in [0.2, 0.25) is 0 Å². The summed E-state index contributed by atoms with van der Waals surface area (Å²) in [7, 11) is 4.55. The molecule has 0 aromatic heterocycles. The van der Waals surface area contributed by atoms with E-state index in [0.29, 0.717) is 22.8 Å². The molecule has 14 heavy (non-hydrogen) atoms. The van der Waals surface area contributed by atoms with Crippen molar-refractivity contribution in [2.75, 3.05) is 21.3 Å². The first-order chi connectivity index (χ1) is 6.65. The lowest BCUT2D eigenvalue weighted by Crippen LogP contribution is -1.95. The van der Waals surface area contributed by atoms with E-state index in [1.54, 1.807) is 13.0 Å². The lowest BCUT2D eigenvalue weighted by molar-refractivity contribution is 0.333. The van der Waals surface area contributed by atoms with Gasteiger partial charge in [-0.1, -0.05) is 0 Å². The van der Waals surface area contributed by atoms with Crippen molar-refractivity contribution < 1.29 is 19.3 Å². The lowest BCUT2D eigenvalue weighted by Gasteiger charge is -2.14. The Hall–Kier alpha value is -1.58. The number of benzene rings is 1. The number of phenolic OH excluding ortho intramolecular Hbond substituents is 1. The largest absolute Gasteiger partial charge is 0.504 e. The average molecular weight is 198 g/mol. The van der Waals surface area contributed by atoms with Gasteiger partial charge in [0, 0.05) is 11.6 Å². The minimum atomic E-state index is 0.0742. The topological polar surface area (TPSA) is 47.9 Å². The summed E-state index contributed by atoms with van der Waals surface area (Å²) < 4.78 is 15.2. The summed E-state index contributed by atoms with van der Waals surface area (Å²) >= 11 is 0. The van der Waals surface area contributed by atoms with Crippen LogP contribution in [0.25, 0.3) is 0 Å². The van der Waals surface area contributed by atoms with Gasteiger partial charge in [0.1, 0.15) is 0 Å². The Labute approximate surface area is 83.0 Å². The normalized spacial score (nSPS) is 9.71. The summed E-state index contributed by atoms with van der Waals surface area (Å²) in [5.74, 6) is 1.51. The van der Waals surface area contributed by atoms with Crippen LogP contribution in [0.5, 0.6) is 23.0 Å². The summed E-state index contributed by atoms with van der Waals surface area (Å²) in [5.41, 5.74) is 0.601. The van der Waals surface area contributed by atoms with E-state index < -0.39 is 0 Å². The highest BCUT2D eigenvalue weighted by Crippen LogP contribution is 2.42. The van der Waals surface area contributed by atoms with Crippen molar-refractivity contribution >= 4 is 0 Å². The molecule has 0 unspecified atom stereocenters. The van der Waals surface area contributed by atoms with Crippen molar-refractivity contribution in [2.24, 2.45) is 0 Å². The highest BCUT2D eigenvalue weighted by Gasteiger charge is 2.15. The highest BCUT2D eigenvalue weighted by molar-refractivity contribution is 5.59. The molecule has 1 aromatic rings. The molecule has 1 rings (SSSR count). The molecule has 0 aliphatic rings. The van der Waals surface area contributed by atoms with Crippen molar-refractivity contribution in [3.63, 3.8) is 0 Å². The molecule has 0 spiro atoms.